The molecule has 5 amide bonds. The smallest absolute Gasteiger partial charge is 0.274 e. The van der Waals surface area contributed by atoms with E-state index in [2.05, 4.69) is 26.4 Å². The van der Waals surface area contributed by atoms with E-state index in [1.54, 1.807) is 19.0 Å². The van der Waals surface area contributed by atoms with E-state index in [-0.39, 0.29) is 50.6 Å². The van der Waals surface area contributed by atoms with Crippen LogP contribution >= 0.6 is 0 Å². The molecule has 13 nitrogen and oxygen atoms in total. The molecule has 4 rings (SSSR count). The molecule has 0 saturated heterocycles. The molecule has 238 valence electrons. The van der Waals surface area contributed by atoms with E-state index < -0.39 is 41.8 Å². The first-order valence-corrected chi connectivity index (χ1v) is 14.7. The molecule has 1 aliphatic rings. The lowest BCUT2D eigenvalue weighted by atomic mass is 10.0. The normalized spacial score (nSPS) is 20.6. The lowest BCUT2D eigenvalue weighted by molar-refractivity contribution is -0.132. The van der Waals surface area contributed by atoms with E-state index in [9.17, 15) is 24.0 Å². The molecule has 2 heterocycles. The zero-order valence-corrected chi connectivity index (χ0v) is 25.6. The number of hydrogen-bond acceptors (Lipinski definition) is 8. The van der Waals surface area contributed by atoms with E-state index in [4.69, 9.17) is 4.52 Å². The van der Waals surface area contributed by atoms with Gasteiger partial charge >= 0.3 is 0 Å². The molecule has 0 radical (unpaired) electrons. The van der Waals surface area contributed by atoms with Crippen LogP contribution in [0.15, 0.2) is 71.3 Å². The van der Waals surface area contributed by atoms with Crippen molar-refractivity contribution in [3.05, 3.63) is 89.3 Å². The molecule has 0 saturated carbocycles. The second-order valence-corrected chi connectivity index (χ2v) is 11.2. The van der Waals surface area contributed by atoms with Gasteiger partial charge in [-0.1, -0.05) is 65.8 Å². The van der Waals surface area contributed by atoms with Crippen molar-refractivity contribution in [1.29, 1.82) is 0 Å². The van der Waals surface area contributed by atoms with Crippen LogP contribution < -0.4 is 21.3 Å². The number of amides is 5. The van der Waals surface area contributed by atoms with E-state index >= 15 is 0 Å². The zero-order chi connectivity index (χ0) is 32.3. The highest BCUT2D eigenvalue weighted by Crippen LogP contribution is 2.10. The summed E-state index contributed by atoms with van der Waals surface area (Å²) in [6.45, 7) is 2.07. The van der Waals surface area contributed by atoms with Crippen molar-refractivity contribution in [3.8, 4) is 0 Å². The SMILES string of the molecule is C[C@@H]1NC(=O)c2cc(on2)CN(CC(=O)N(C)C)CCNC(=O)[C@@H](Cc2ccccc2)NC(=O)[C@H](Cc2ccccc2)NC1=O. The summed E-state index contributed by atoms with van der Waals surface area (Å²) in [6, 6.07) is 16.8. The van der Waals surface area contributed by atoms with Crippen molar-refractivity contribution in [2.24, 2.45) is 0 Å². The van der Waals surface area contributed by atoms with Gasteiger partial charge in [-0.2, -0.15) is 0 Å². The van der Waals surface area contributed by atoms with Gasteiger partial charge in [-0.05, 0) is 18.1 Å². The number of rotatable bonds is 6. The Hall–Kier alpha value is -5.04. The number of carbonyl (C=O) groups is 5. The molecule has 45 heavy (non-hydrogen) atoms. The Morgan fingerprint density at radius 1 is 0.867 bits per heavy atom. The van der Waals surface area contributed by atoms with Crippen molar-refractivity contribution in [2.45, 2.75) is 44.4 Å². The van der Waals surface area contributed by atoms with E-state index in [1.807, 2.05) is 60.7 Å². The molecule has 2 bridgehead atoms. The van der Waals surface area contributed by atoms with Crippen LogP contribution in [0.2, 0.25) is 0 Å². The van der Waals surface area contributed by atoms with Crippen molar-refractivity contribution in [1.82, 2.24) is 36.2 Å². The fraction of sp³-hybridized carbons (Fsp3) is 0.375. The third-order valence-electron chi connectivity index (χ3n) is 7.33. The molecule has 0 unspecified atom stereocenters. The maximum Gasteiger partial charge on any atom is 0.274 e. The molecule has 1 aliphatic heterocycles. The maximum absolute atomic E-state index is 13.7. The van der Waals surface area contributed by atoms with Gasteiger partial charge in [0.25, 0.3) is 5.91 Å². The first kappa shape index (κ1) is 32.9. The van der Waals surface area contributed by atoms with Gasteiger partial charge in [-0.3, -0.25) is 28.9 Å². The molecule has 4 N–H and O–H groups in total. The lowest BCUT2D eigenvalue weighted by Gasteiger charge is -2.26. The van der Waals surface area contributed by atoms with E-state index in [0.29, 0.717) is 5.76 Å². The Balaban J connectivity index is 1.63. The number of carbonyl (C=O) groups excluding carboxylic acids is 5. The molecule has 13 heteroatoms. The van der Waals surface area contributed by atoms with Crippen LogP contribution in [0, 0.1) is 0 Å². The Kier molecular flexibility index (Phi) is 11.4. The summed E-state index contributed by atoms with van der Waals surface area (Å²) in [5.74, 6) is -2.04. The quantitative estimate of drug-likeness (QED) is 0.306. The number of nitrogens with zero attached hydrogens (tertiary/aromatic N) is 3. The molecular weight excluding hydrogens is 578 g/mol. The van der Waals surface area contributed by atoms with Crippen LogP contribution in [0.3, 0.4) is 0 Å². The summed E-state index contributed by atoms with van der Waals surface area (Å²) in [6.07, 6.45) is 0.362. The fourth-order valence-corrected chi connectivity index (χ4v) is 4.75. The molecule has 0 aliphatic carbocycles. The largest absolute Gasteiger partial charge is 0.359 e. The first-order valence-electron chi connectivity index (χ1n) is 14.7. The highest BCUT2D eigenvalue weighted by Gasteiger charge is 2.30. The predicted molar refractivity (Wildman–Crippen MR) is 165 cm³/mol. The monoisotopic (exact) mass is 617 g/mol. The van der Waals surface area contributed by atoms with Gasteiger partial charge in [-0.15, -0.1) is 0 Å². The highest BCUT2D eigenvalue weighted by molar-refractivity contribution is 5.97. The third-order valence-corrected chi connectivity index (χ3v) is 7.33. The number of likely N-dealkylation sites (N-methyl/N-ethyl adjacent to an activating group) is 1. The number of benzene rings is 2. The number of fused-ring (bicyclic) bond motifs is 2. The van der Waals surface area contributed by atoms with E-state index in [1.165, 1.54) is 17.9 Å². The summed E-state index contributed by atoms with van der Waals surface area (Å²) < 4.78 is 5.37. The summed E-state index contributed by atoms with van der Waals surface area (Å²) >= 11 is 0. The van der Waals surface area contributed by atoms with Crippen LogP contribution in [0.5, 0.6) is 0 Å². The van der Waals surface area contributed by atoms with Gasteiger partial charge in [0.15, 0.2) is 11.5 Å². The predicted octanol–water partition coefficient (Wildman–Crippen LogP) is 0.268. The molecular formula is C32H39N7O6. The summed E-state index contributed by atoms with van der Waals surface area (Å²) in [7, 11) is 3.28. The van der Waals surface area contributed by atoms with Crippen LogP contribution in [0.1, 0.15) is 34.3 Å². The lowest BCUT2D eigenvalue weighted by Crippen LogP contribution is -2.57. The van der Waals surface area contributed by atoms with Gasteiger partial charge in [0.05, 0.1) is 13.1 Å². The number of aromatic nitrogens is 1. The van der Waals surface area contributed by atoms with Crippen molar-refractivity contribution >= 4 is 29.5 Å². The third kappa shape index (κ3) is 9.73. The summed E-state index contributed by atoms with van der Waals surface area (Å²) in [5.41, 5.74) is 1.59. The Morgan fingerprint density at radius 2 is 1.44 bits per heavy atom. The van der Waals surface area contributed by atoms with Gasteiger partial charge in [0.2, 0.25) is 23.6 Å². The average Bonchev–Trinajstić information content (AvgIpc) is 3.49. The highest BCUT2D eigenvalue weighted by atomic mass is 16.5. The maximum atomic E-state index is 13.7. The summed E-state index contributed by atoms with van der Waals surface area (Å²) in [5, 5.41) is 14.9. The van der Waals surface area contributed by atoms with E-state index in [0.717, 1.165) is 11.1 Å². The van der Waals surface area contributed by atoms with Crippen LogP contribution in [-0.2, 0) is 38.6 Å². The standard InChI is InChI=1S/C32H39N7O6/c1-21-29(41)35-26(17-23-12-8-5-9-13-23)31(43)36-25(16-22-10-6-4-7-11-22)30(42)33-14-15-39(20-28(40)38(2)3)19-24-18-27(37-45-24)32(44)34-21/h4-13,18,21,25-26H,14-17,19-20H2,1-3H3,(H,33,42)(H,34,44)(H,35,41)(H,36,43)/t21-,25+,26-/m0/s1. The topological polar surface area (TPSA) is 166 Å². The average molecular weight is 618 g/mol. The minimum absolute atomic E-state index is 0.0215. The van der Waals surface area contributed by atoms with Gasteiger partial charge in [-0.25, -0.2) is 0 Å². The minimum atomic E-state index is -1.05. The Morgan fingerprint density at radius 3 is 2.04 bits per heavy atom. The second-order valence-electron chi connectivity index (χ2n) is 11.2. The fourth-order valence-electron chi connectivity index (χ4n) is 4.75. The molecule has 3 atom stereocenters. The second kappa shape index (κ2) is 15.6. The van der Waals surface area contributed by atoms with Crippen molar-refractivity contribution in [3.63, 3.8) is 0 Å². The van der Waals surface area contributed by atoms with Crippen LogP contribution in [0.25, 0.3) is 0 Å². The Bertz CT molecular complexity index is 1480. The minimum Gasteiger partial charge on any atom is -0.359 e. The molecule has 3 aromatic rings. The van der Waals surface area contributed by atoms with Gasteiger partial charge < -0.3 is 30.7 Å². The van der Waals surface area contributed by atoms with Crippen LogP contribution in [0.4, 0.5) is 0 Å². The molecule has 0 spiro atoms. The molecule has 2 aromatic carbocycles. The number of hydrogen-bond donors (Lipinski definition) is 4. The zero-order valence-electron chi connectivity index (χ0n) is 25.6. The molecule has 1 aromatic heterocycles. The number of nitrogens with one attached hydrogen (secondary N) is 4. The summed E-state index contributed by atoms with van der Waals surface area (Å²) in [4.78, 5) is 69.1. The van der Waals surface area contributed by atoms with Crippen molar-refractivity contribution in [2.75, 3.05) is 33.7 Å². The Labute approximate surface area is 261 Å². The van der Waals surface area contributed by atoms with Crippen molar-refractivity contribution < 1.29 is 28.5 Å². The molecule has 0 fully saturated rings. The van der Waals surface area contributed by atoms with Gasteiger partial charge in [0, 0.05) is 46.1 Å². The van der Waals surface area contributed by atoms with Crippen LogP contribution in [-0.4, -0.2) is 96.3 Å². The first-order chi connectivity index (χ1) is 21.6. The van der Waals surface area contributed by atoms with Gasteiger partial charge in [0.1, 0.15) is 18.1 Å².